The van der Waals surface area contributed by atoms with Crippen molar-refractivity contribution in [3.63, 3.8) is 0 Å². The van der Waals surface area contributed by atoms with E-state index in [0.29, 0.717) is 6.07 Å². The predicted molar refractivity (Wildman–Crippen MR) is 65.9 cm³/mol. The molecule has 0 aliphatic heterocycles. The van der Waals surface area contributed by atoms with E-state index in [0.717, 1.165) is 24.5 Å². The van der Waals surface area contributed by atoms with Crippen molar-refractivity contribution in [2.45, 2.75) is 11.1 Å². The van der Waals surface area contributed by atoms with E-state index < -0.39 is 27.5 Å². The topological polar surface area (TPSA) is 74.8 Å². The first-order chi connectivity index (χ1) is 9.20. The van der Waals surface area contributed by atoms with Crippen molar-refractivity contribution in [2.75, 3.05) is 4.72 Å². The molecule has 0 bridgehead atoms. The van der Waals surface area contributed by atoms with Crippen LogP contribution in [0.2, 0.25) is 5.02 Å². The lowest BCUT2D eigenvalue weighted by Crippen LogP contribution is -2.16. The molecule has 2 aromatic rings. The molecule has 0 spiro atoms. The molecule has 0 atom stereocenters. The van der Waals surface area contributed by atoms with Crippen molar-refractivity contribution >= 4 is 27.3 Å². The van der Waals surface area contributed by atoms with Gasteiger partial charge in [0.15, 0.2) is 0 Å². The average Bonchev–Trinajstić information content (AvgIpc) is 2.84. The van der Waals surface area contributed by atoms with Crippen molar-refractivity contribution < 1.29 is 21.6 Å². The summed E-state index contributed by atoms with van der Waals surface area (Å²) >= 11 is 5.50. The molecule has 1 heterocycles. The zero-order valence-electron chi connectivity index (χ0n) is 9.57. The molecule has 0 unspecified atom stereocenters. The van der Waals surface area contributed by atoms with Crippen molar-refractivity contribution in [2.24, 2.45) is 0 Å². The number of anilines is 1. The van der Waals surface area contributed by atoms with Crippen LogP contribution in [0.4, 0.5) is 18.9 Å². The Morgan fingerprint density at radius 3 is 2.55 bits per heavy atom. The number of rotatable bonds is 3. The van der Waals surface area contributed by atoms with Crippen LogP contribution in [0.15, 0.2) is 35.5 Å². The fourth-order valence-electron chi connectivity index (χ4n) is 1.43. The fraction of sp³-hybridized carbons (Fsp3) is 0.100. The summed E-state index contributed by atoms with van der Waals surface area (Å²) in [5.41, 5.74) is -1.78. The lowest BCUT2D eigenvalue weighted by Gasteiger charge is -2.14. The number of nitrogens with zero attached hydrogens (tertiary/aromatic N) is 1. The highest BCUT2D eigenvalue weighted by Gasteiger charge is 2.35. The van der Waals surface area contributed by atoms with Crippen molar-refractivity contribution in [3.8, 4) is 0 Å². The molecule has 0 saturated heterocycles. The van der Waals surface area contributed by atoms with E-state index in [1.165, 1.54) is 0 Å². The molecule has 1 aromatic carbocycles. The normalized spacial score (nSPS) is 12.4. The van der Waals surface area contributed by atoms with Gasteiger partial charge in [-0.2, -0.15) is 18.3 Å². The summed E-state index contributed by atoms with van der Waals surface area (Å²) in [6.45, 7) is 0. The molecule has 20 heavy (non-hydrogen) atoms. The van der Waals surface area contributed by atoms with Crippen LogP contribution < -0.4 is 4.72 Å². The molecule has 0 aliphatic rings. The Labute approximate surface area is 116 Å². The van der Waals surface area contributed by atoms with Gasteiger partial charge in [0.25, 0.3) is 10.0 Å². The Kier molecular flexibility index (Phi) is 3.65. The van der Waals surface area contributed by atoms with Crippen LogP contribution in [-0.2, 0) is 16.2 Å². The Bertz CT molecular complexity index is 714. The molecule has 0 radical (unpaired) electrons. The minimum Gasteiger partial charge on any atom is -0.284 e. The number of nitrogens with one attached hydrogen (secondary N) is 2. The lowest BCUT2D eigenvalue weighted by atomic mass is 10.2. The first kappa shape index (κ1) is 14.7. The Morgan fingerprint density at radius 2 is 2.00 bits per heavy atom. The third kappa shape index (κ3) is 3.05. The maximum absolute atomic E-state index is 12.8. The third-order valence-electron chi connectivity index (χ3n) is 2.31. The summed E-state index contributed by atoms with van der Waals surface area (Å²) in [7, 11) is -4.15. The Morgan fingerprint density at radius 1 is 1.30 bits per heavy atom. The summed E-state index contributed by atoms with van der Waals surface area (Å²) < 4.78 is 64.1. The second kappa shape index (κ2) is 4.98. The molecule has 108 valence electrons. The highest BCUT2D eigenvalue weighted by Crippen LogP contribution is 2.37. The zero-order valence-corrected chi connectivity index (χ0v) is 11.1. The minimum atomic E-state index is -4.74. The highest BCUT2D eigenvalue weighted by molar-refractivity contribution is 7.92. The lowest BCUT2D eigenvalue weighted by molar-refractivity contribution is -0.136. The molecular weight excluding hydrogens is 319 g/mol. The third-order valence-corrected chi connectivity index (χ3v) is 3.88. The van der Waals surface area contributed by atoms with Gasteiger partial charge in [-0.05, 0) is 18.2 Å². The van der Waals surface area contributed by atoms with Gasteiger partial charge in [-0.25, -0.2) is 8.42 Å². The van der Waals surface area contributed by atoms with E-state index in [-0.39, 0.29) is 9.92 Å². The predicted octanol–water partition coefficient (Wildman–Crippen LogP) is 2.88. The van der Waals surface area contributed by atoms with Gasteiger partial charge < -0.3 is 0 Å². The van der Waals surface area contributed by atoms with Crippen LogP contribution in [-0.4, -0.2) is 18.6 Å². The number of sulfonamides is 1. The van der Waals surface area contributed by atoms with Gasteiger partial charge in [0.2, 0.25) is 0 Å². The van der Waals surface area contributed by atoms with Gasteiger partial charge in [0, 0.05) is 11.2 Å². The second-order valence-corrected chi connectivity index (χ2v) is 5.85. The van der Waals surface area contributed by atoms with Gasteiger partial charge in [0.05, 0.1) is 17.4 Å². The molecule has 2 N–H and O–H groups in total. The molecule has 2 rings (SSSR count). The maximum atomic E-state index is 12.8. The van der Waals surface area contributed by atoms with Crippen LogP contribution in [0.25, 0.3) is 0 Å². The van der Waals surface area contributed by atoms with Gasteiger partial charge in [-0.15, -0.1) is 0 Å². The number of H-pyrrole nitrogens is 1. The number of benzene rings is 1. The van der Waals surface area contributed by atoms with Gasteiger partial charge in [-0.3, -0.25) is 9.82 Å². The fourth-order valence-corrected chi connectivity index (χ4v) is 2.59. The van der Waals surface area contributed by atoms with Crippen LogP contribution >= 0.6 is 11.6 Å². The number of hydrogen-bond acceptors (Lipinski definition) is 3. The van der Waals surface area contributed by atoms with E-state index >= 15 is 0 Å². The molecule has 1 aromatic heterocycles. The molecule has 0 aliphatic carbocycles. The van der Waals surface area contributed by atoms with Crippen molar-refractivity contribution in [3.05, 3.63) is 41.2 Å². The molecule has 0 saturated carbocycles. The van der Waals surface area contributed by atoms with E-state index in [2.05, 4.69) is 10.2 Å². The molecule has 0 amide bonds. The smallest absolute Gasteiger partial charge is 0.284 e. The second-order valence-electron chi connectivity index (χ2n) is 3.73. The van der Waals surface area contributed by atoms with Crippen molar-refractivity contribution in [1.29, 1.82) is 0 Å². The van der Waals surface area contributed by atoms with Gasteiger partial charge in [0.1, 0.15) is 4.90 Å². The monoisotopic (exact) mass is 325 g/mol. The number of aromatic nitrogens is 2. The number of alkyl halides is 3. The quantitative estimate of drug-likeness (QED) is 0.911. The number of halogens is 4. The van der Waals surface area contributed by atoms with Gasteiger partial charge >= 0.3 is 6.18 Å². The summed E-state index contributed by atoms with van der Waals surface area (Å²) in [6, 6.07) is 2.75. The van der Waals surface area contributed by atoms with Crippen LogP contribution in [0, 0.1) is 0 Å². The summed E-state index contributed by atoms with van der Waals surface area (Å²) in [4.78, 5) is -0.277. The Balaban J connectivity index is 2.45. The first-order valence-corrected chi connectivity index (χ1v) is 6.94. The minimum absolute atomic E-state index is 0.149. The Hall–Kier alpha value is -1.74. The molecular formula is C10H7ClF3N3O2S. The molecule has 0 fully saturated rings. The SMILES string of the molecule is O=S(=O)(Nc1ccc(Cl)cc1C(F)(F)F)c1cn[nH]c1. The standard InChI is InChI=1S/C10H7ClF3N3O2S/c11-6-1-2-9(8(3-6)10(12,13)14)17-20(18,19)7-4-15-16-5-7/h1-5,17H,(H,15,16). The van der Waals surface area contributed by atoms with Crippen molar-refractivity contribution in [1.82, 2.24) is 10.2 Å². The van der Waals surface area contributed by atoms with E-state index in [4.69, 9.17) is 11.6 Å². The zero-order chi connectivity index (χ0) is 15.0. The van der Waals surface area contributed by atoms with Crippen LogP contribution in [0.5, 0.6) is 0 Å². The number of aromatic amines is 1. The largest absolute Gasteiger partial charge is 0.418 e. The van der Waals surface area contributed by atoms with Gasteiger partial charge in [-0.1, -0.05) is 11.6 Å². The van der Waals surface area contributed by atoms with E-state index in [1.807, 2.05) is 4.72 Å². The summed E-state index contributed by atoms with van der Waals surface area (Å²) in [5.74, 6) is 0. The van der Waals surface area contributed by atoms with E-state index in [9.17, 15) is 21.6 Å². The first-order valence-electron chi connectivity index (χ1n) is 5.08. The molecule has 5 nitrogen and oxygen atoms in total. The van der Waals surface area contributed by atoms with Crippen LogP contribution in [0.1, 0.15) is 5.56 Å². The highest BCUT2D eigenvalue weighted by atomic mass is 35.5. The van der Waals surface area contributed by atoms with Crippen LogP contribution in [0.3, 0.4) is 0 Å². The molecule has 10 heteroatoms. The summed E-state index contributed by atoms with van der Waals surface area (Å²) in [6.07, 6.45) is -2.71. The van der Waals surface area contributed by atoms with E-state index in [1.54, 1.807) is 0 Å². The summed E-state index contributed by atoms with van der Waals surface area (Å²) in [5, 5.41) is 5.54. The maximum Gasteiger partial charge on any atom is 0.418 e. The number of hydrogen-bond donors (Lipinski definition) is 2. The average molecular weight is 326 g/mol.